The summed E-state index contributed by atoms with van der Waals surface area (Å²) in [7, 11) is 0. The van der Waals surface area contributed by atoms with Gasteiger partial charge in [-0.25, -0.2) is 0 Å². The Morgan fingerprint density at radius 2 is 1.64 bits per heavy atom. The first kappa shape index (κ1) is 17.5. The average molecular weight is 356 g/mol. The van der Waals surface area contributed by atoms with Gasteiger partial charge < -0.3 is 20.2 Å². The second-order valence-corrected chi connectivity index (χ2v) is 7.05. The van der Waals surface area contributed by atoms with Crippen molar-refractivity contribution in [2.24, 2.45) is 0 Å². The summed E-state index contributed by atoms with van der Waals surface area (Å²) in [4.78, 5) is 4.55. The molecular formula is C20H25N3OS. The summed E-state index contributed by atoms with van der Waals surface area (Å²) < 4.78 is 0. The van der Waals surface area contributed by atoms with E-state index in [1.165, 1.54) is 5.56 Å². The minimum Gasteiger partial charge on any atom is -0.508 e. The summed E-state index contributed by atoms with van der Waals surface area (Å²) in [5.74, 6) is 0.759. The maximum absolute atomic E-state index is 9.42. The number of piperazine rings is 1. The quantitative estimate of drug-likeness (QED) is 0.813. The van der Waals surface area contributed by atoms with Gasteiger partial charge in [0.25, 0.3) is 0 Å². The number of phenolic OH excluding ortho intramolecular Hbond substituents is 1. The Balaban J connectivity index is 1.59. The highest BCUT2D eigenvalue weighted by Gasteiger charge is 2.20. The van der Waals surface area contributed by atoms with Crippen LogP contribution in [0.4, 0.5) is 11.4 Å². The zero-order valence-electron chi connectivity index (χ0n) is 14.8. The van der Waals surface area contributed by atoms with Crippen molar-refractivity contribution in [1.82, 2.24) is 4.90 Å². The molecule has 3 rings (SSSR count). The molecule has 4 nitrogen and oxygen atoms in total. The minimum atomic E-state index is 0.302. The van der Waals surface area contributed by atoms with Gasteiger partial charge >= 0.3 is 0 Å². The molecule has 2 aromatic rings. The number of benzene rings is 2. The minimum absolute atomic E-state index is 0.302. The van der Waals surface area contributed by atoms with Crippen molar-refractivity contribution in [2.75, 3.05) is 36.4 Å². The predicted molar refractivity (Wildman–Crippen MR) is 109 cm³/mol. The monoisotopic (exact) mass is 355 g/mol. The molecule has 1 saturated heterocycles. The fourth-order valence-electron chi connectivity index (χ4n) is 3.14. The molecule has 1 aliphatic heterocycles. The first-order chi connectivity index (χ1) is 12.0. The van der Waals surface area contributed by atoms with Crippen molar-refractivity contribution in [2.45, 2.75) is 19.8 Å². The number of hydrogen-bond acceptors (Lipinski definition) is 3. The number of aromatic hydroxyl groups is 1. The van der Waals surface area contributed by atoms with Crippen LogP contribution in [0, 0.1) is 0 Å². The van der Waals surface area contributed by atoms with Crippen molar-refractivity contribution < 1.29 is 5.11 Å². The van der Waals surface area contributed by atoms with E-state index in [9.17, 15) is 5.11 Å². The Bertz CT molecular complexity index is 722. The lowest BCUT2D eigenvalue weighted by Gasteiger charge is -2.37. The van der Waals surface area contributed by atoms with E-state index in [1.54, 1.807) is 12.1 Å². The topological polar surface area (TPSA) is 38.7 Å². The molecule has 0 atom stereocenters. The van der Waals surface area contributed by atoms with Crippen molar-refractivity contribution in [3.63, 3.8) is 0 Å². The highest BCUT2D eigenvalue weighted by atomic mass is 32.1. The van der Waals surface area contributed by atoms with Gasteiger partial charge in [-0.2, -0.15) is 0 Å². The molecule has 25 heavy (non-hydrogen) atoms. The third kappa shape index (κ3) is 4.23. The number of para-hydroxylation sites is 1. The lowest BCUT2D eigenvalue weighted by atomic mass is 10.0. The van der Waals surface area contributed by atoms with Crippen molar-refractivity contribution in [1.29, 1.82) is 0 Å². The lowest BCUT2D eigenvalue weighted by molar-refractivity contribution is 0.391. The van der Waals surface area contributed by atoms with Crippen molar-refractivity contribution in [3.8, 4) is 5.75 Å². The molecule has 0 aliphatic carbocycles. The molecule has 0 spiro atoms. The lowest BCUT2D eigenvalue weighted by Crippen LogP contribution is -2.50. The van der Waals surface area contributed by atoms with E-state index in [1.807, 2.05) is 18.2 Å². The molecule has 0 aromatic heterocycles. The van der Waals surface area contributed by atoms with E-state index in [-0.39, 0.29) is 0 Å². The number of thiocarbonyl (C=S) groups is 1. The largest absolute Gasteiger partial charge is 0.508 e. The Labute approximate surface area is 155 Å². The van der Waals surface area contributed by atoms with Crippen molar-refractivity contribution in [3.05, 3.63) is 54.1 Å². The molecule has 0 radical (unpaired) electrons. The van der Waals surface area contributed by atoms with E-state index in [2.05, 4.69) is 47.2 Å². The Hall–Kier alpha value is -2.27. The summed E-state index contributed by atoms with van der Waals surface area (Å²) in [6.45, 7) is 7.99. The number of nitrogens with one attached hydrogen (secondary N) is 1. The van der Waals surface area contributed by atoms with Crippen LogP contribution in [0.1, 0.15) is 25.3 Å². The van der Waals surface area contributed by atoms with Crippen LogP contribution in [0.5, 0.6) is 5.75 Å². The van der Waals surface area contributed by atoms with Gasteiger partial charge in [-0.3, -0.25) is 0 Å². The average Bonchev–Trinajstić information content (AvgIpc) is 2.63. The third-order valence-electron chi connectivity index (χ3n) is 4.61. The maximum Gasteiger partial charge on any atom is 0.173 e. The fraction of sp³-hybridized carbons (Fsp3) is 0.350. The number of hydrogen-bond donors (Lipinski definition) is 2. The standard InChI is InChI=1S/C20H25N3OS/c1-15(2)18-5-3-4-6-19(18)21-20(25)23-13-11-22(12-14-23)16-7-9-17(24)10-8-16/h3-10,15,24H,11-14H2,1-2H3,(H,21,25). The van der Waals surface area contributed by atoms with Crippen LogP contribution in [0.2, 0.25) is 0 Å². The van der Waals surface area contributed by atoms with Gasteiger partial charge in [0.05, 0.1) is 0 Å². The highest BCUT2D eigenvalue weighted by molar-refractivity contribution is 7.80. The third-order valence-corrected chi connectivity index (χ3v) is 4.97. The van der Waals surface area contributed by atoms with Crippen LogP contribution < -0.4 is 10.2 Å². The first-order valence-corrected chi connectivity index (χ1v) is 9.14. The van der Waals surface area contributed by atoms with Gasteiger partial charge in [0, 0.05) is 37.6 Å². The fourth-order valence-corrected chi connectivity index (χ4v) is 3.43. The van der Waals surface area contributed by atoms with E-state index in [0.29, 0.717) is 11.7 Å². The molecule has 2 aromatic carbocycles. The van der Waals surface area contributed by atoms with E-state index in [4.69, 9.17) is 12.2 Å². The van der Waals surface area contributed by atoms with E-state index in [0.717, 1.165) is 42.7 Å². The summed E-state index contributed by atoms with van der Waals surface area (Å²) >= 11 is 5.64. The first-order valence-electron chi connectivity index (χ1n) is 8.73. The molecule has 1 fully saturated rings. The molecule has 1 aliphatic rings. The normalized spacial score (nSPS) is 14.7. The van der Waals surface area contributed by atoms with E-state index >= 15 is 0 Å². The van der Waals surface area contributed by atoms with Gasteiger partial charge in [-0.15, -0.1) is 0 Å². The smallest absolute Gasteiger partial charge is 0.173 e. The highest BCUT2D eigenvalue weighted by Crippen LogP contribution is 2.24. The summed E-state index contributed by atoms with van der Waals surface area (Å²) in [6.07, 6.45) is 0. The van der Waals surface area contributed by atoms with Crippen molar-refractivity contribution >= 4 is 28.7 Å². The molecule has 2 N–H and O–H groups in total. The maximum atomic E-state index is 9.42. The van der Waals surface area contributed by atoms with E-state index < -0.39 is 0 Å². The molecule has 0 amide bonds. The van der Waals surface area contributed by atoms with Gasteiger partial charge in [-0.05, 0) is 54.0 Å². The molecule has 1 heterocycles. The number of nitrogens with zero attached hydrogens (tertiary/aromatic N) is 2. The zero-order chi connectivity index (χ0) is 17.8. The van der Waals surface area contributed by atoms with Gasteiger partial charge in [0.2, 0.25) is 0 Å². The SMILES string of the molecule is CC(C)c1ccccc1NC(=S)N1CCN(c2ccc(O)cc2)CC1. The van der Waals surface area contributed by atoms with Gasteiger partial charge in [0.15, 0.2) is 5.11 Å². The number of phenols is 1. The van der Waals surface area contributed by atoms with Crippen LogP contribution >= 0.6 is 12.2 Å². The summed E-state index contributed by atoms with van der Waals surface area (Å²) in [5, 5.41) is 13.6. The predicted octanol–water partition coefficient (Wildman–Crippen LogP) is 4.03. The second-order valence-electron chi connectivity index (χ2n) is 6.66. The second kappa shape index (κ2) is 7.74. The molecule has 5 heteroatoms. The molecule has 0 saturated carbocycles. The summed E-state index contributed by atoms with van der Waals surface area (Å²) in [6, 6.07) is 15.7. The van der Waals surface area contributed by atoms with Gasteiger partial charge in [-0.1, -0.05) is 32.0 Å². The number of rotatable bonds is 3. The van der Waals surface area contributed by atoms with Crippen LogP contribution in [0.3, 0.4) is 0 Å². The Morgan fingerprint density at radius 1 is 1.00 bits per heavy atom. The molecule has 0 bridgehead atoms. The van der Waals surface area contributed by atoms with Crippen LogP contribution in [0.25, 0.3) is 0 Å². The van der Waals surface area contributed by atoms with Crippen LogP contribution in [-0.2, 0) is 0 Å². The molecule has 0 unspecified atom stereocenters. The zero-order valence-corrected chi connectivity index (χ0v) is 15.6. The van der Waals surface area contributed by atoms with Crippen LogP contribution in [-0.4, -0.2) is 41.3 Å². The molecular weight excluding hydrogens is 330 g/mol. The van der Waals surface area contributed by atoms with Crippen LogP contribution in [0.15, 0.2) is 48.5 Å². The molecule has 132 valence electrons. The number of anilines is 2. The summed E-state index contributed by atoms with van der Waals surface area (Å²) in [5.41, 5.74) is 3.53. The van der Waals surface area contributed by atoms with Gasteiger partial charge in [0.1, 0.15) is 5.75 Å². The Kier molecular flexibility index (Phi) is 5.43. The Morgan fingerprint density at radius 3 is 2.28 bits per heavy atom.